The summed E-state index contributed by atoms with van der Waals surface area (Å²) in [6.07, 6.45) is 3.82. The summed E-state index contributed by atoms with van der Waals surface area (Å²) < 4.78 is 19.3. The number of aromatic hydroxyl groups is 1. The Balaban J connectivity index is 1.47. The summed E-state index contributed by atoms with van der Waals surface area (Å²) >= 11 is 0. The van der Waals surface area contributed by atoms with Gasteiger partial charge in [-0.3, -0.25) is 14.6 Å². The standard InChI is InChI=1S/C26H27FN2O3/c27-21-6-8-22(9-7-21)29(23-10-12-24(30)13-11-23)26(31)20-4-14-25(15-5-20)32-19-18-28-16-2-1-3-17-28/h4-15,30H,1-3,16-19H2. The van der Waals surface area contributed by atoms with Crippen LogP contribution in [0, 0.1) is 5.82 Å². The fourth-order valence-electron chi connectivity index (χ4n) is 3.87. The van der Waals surface area contributed by atoms with Gasteiger partial charge in [-0.25, -0.2) is 4.39 Å². The fourth-order valence-corrected chi connectivity index (χ4v) is 3.87. The minimum absolute atomic E-state index is 0.103. The number of hydrogen-bond donors (Lipinski definition) is 1. The summed E-state index contributed by atoms with van der Waals surface area (Å²) in [6.45, 7) is 3.78. The molecule has 0 aromatic heterocycles. The lowest BCUT2D eigenvalue weighted by Crippen LogP contribution is -2.33. The number of phenolic OH excluding ortho intramolecular Hbond substituents is 1. The van der Waals surface area contributed by atoms with Gasteiger partial charge in [0.05, 0.1) is 0 Å². The third-order valence-corrected chi connectivity index (χ3v) is 5.62. The minimum atomic E-state index is -0.377. The van der Waals surface area contributed by atoms with Crippen LogP contribution in [0.1, 0.15) is 29.6 Å². The maximum absolute atomic E-state index is 13.4. The second kappa shape index (κ2) is 10.3. The van der Waals surface area contributed by atoms with E-state index < -0.39 is 0 Å². The highest BCUT2D eigenvalue weighted by Crippen LogP contribution is 2.29. The third kappa shape index (κ3) is 5.45. The summed E-state index contributed by atoms with van der Waals surface area (Å²) in [7, 11) is 0. The molecule has 0 unspecified atom stereocenters. The number of nitrogens with zero attached hydrogens (tertiary/aromatic N) is 2. The van der Waals surface area contributed by atoms with Gasteiger partial charge in [-0.05, 0) is 98.7 Å². The summed E-state index contributed by atoms with van der Waals surface area (Å²) in [5, 5.41) is 9.62. The van der Waals surface area contributed by atoms with E-state index in [4.69, 9.17) is 4.74 Å². The zero-order valence-corrected chi connectivity index (χ0v) is 17.9. The molecule has 1 aliphatic rings. The van der Waals surface area contributed by atoms with Crippen molar-refractivity contribution in [3.05, 3.63) is 84.2 Å². The van der Waals surface area contributed by atoms with E-state index in [1.807, 2.05) is 0 Å². The van der Waals surface area contributed by atoms with Gasteiger partial charge in [0.25, 0.3) is 5.91 Å². The van der Waals surface area contributed by atoms with Gasteiger partial charge in [-0.15, -0.1) is 0 Å². The maximum atomic E-state index is 13.4. The average molecular weight is 435 g/mol. The van der Waals surface area contributed by atoms with Crippen molar-refractivity contribution in [1.82, 2.24) is 4.90 Å². The van der Waals surface area contributed by atoms with Crippen LogP contribution in [0.5, 0.6) is 11.5 Å². The van der Waals surface area contributed by atoms with Crippen LogP contribution in [-0.2, 0) is 0 Å². The highest BCUT2D eigenvalue weighted by molar-refractivity contribution is 6.10. The van der Waals surface area contributed by atoms with Gasteiger partial charge in [0, 0.05) is 23.5 Å². The molecule has 5 nitrogen and oxygen atoms in total. The molecule has 166 valence electrons. The van der Waals surface area contributed by atoms with Crippen LogP contribution in [-0.4, -0.2) is 42.2 Å². The number of amides is 1. The highest BCUT2D eigenvalue weighted by atomic mass is 19.1. The number of rotatable bonds is 7. The van der Waals surface area contributed by atoms with Crippen molar-refractivity contribution in [2.75, 3.05) is 31.1 Å². The fraction of sp³-hybridized carbons (Fsp3) is 0.269. The van der Waals surface area contributed by atoms with Crippen molar-refractivity contribution < 1.29 is 19.0 Å². The molecule has 3 aromatic carbocycles. The number of hydrogen-bond acceptors (Lipinski definition) is 4. The first kappa shape index (κ1) is 21.8. The molecule has 32 heavy (non-hydrogen) atoms. The van der Waals surface area contributed by atoms with E-state index in [0.717, 1.165) is 25.4 Å². The first-order valence-electron chi connectivity index (χ1n) is 10.9. The number of piperidine rings is 1. The monoisotopic (exact) mass is 434 g/mol. The number of halogens is 1. The van der Waals surface area contributed by atoms with Gasteiger partial charge in [-0.2, -0.15) is 0 Å². The topological polar surface area (TPSA) is 53.0 Å². The minimum Gasteiger partial charge on any atom is -0.508 e. The van der Waals surface area contributed by atoms with Crippen LogP contribution < -0.4 is 9.64 Å². The van der Waals surface area contributed by atoms with E-state index in [1.165, 1.54) is 48.4 Å². The van der Waals surface area contributed by atoms with E-state index in [-0.39, 0.29) is 17.5 Å². The Hall–Kier alpha value is -3.38. The normalized spacial score (nSPS) is 14.2. The molecule has 0 bridgehead atoms. The average Bonchev–Trinajstić information content (AvgIpc) is 2.83. The van der Waals surface area contributed by atoms with Gasteiger partial charge in [0.15, 0.2) is 0 Å². The molecule has 1 heterocycles. The van der Waals surface area contributed by atoms with E-state index >= 15 is 0 Å². The Labute approximate surface area is 187 Å². The molecule has 1 aliphatic heterocycles. The van der Waals surface area contributed by atoms with Crippen molar-refractivity contribution in [2.45, 2.75) is 19.3 Å². The number of likely N-dealkylation sites (tertiary alicyclic amines) is 1. The van der Waals surface area contributed by atoms with Crippen LogP contribution in [0.2, 0.25) is 0 Å². The molecular weight excluding hydrogens is 407 g/mol. The van der Waals surface area contributed by atoms with E-state index in [2.05, 4.69) is 4.90 Å². The van der Waals surface area contributed by atoms with Gasteiger partial charge >= 0.3 is 0 Å². The van der Waals surface area contributed by atoms with Crippen LogP contribution in [0.25, 0.3) is 0 Å². The molecule has 0 saturated carbocycles. The summed E-state index contributed by atoms with van der Waals surface area (Å²) in [5.74, 6) is 0.183. The van der Waals surface area contributed by atoms with E-state index in [1.54, 1.807) is 48.5 Å². The Morgan fingerprint density at radius 2 is 1.47 bits per heavy atom. The molecular formula is C26H27FN2O3. The highest BCUT2D eigenvalue weighted by Gasteiger charge is 2.20. The van der Waals surface area contributed by atoms with Crippen molar-refractivity contribution in [3.8, 4) is 11.5 Å². The molecule has 1 saturated heterocycles. The van der Waals surface area contributed by atoms with Gasteiger partial charge < -0.3 is 9.84 Å². The van der Waals surface area contributed by atoms with E-state index in [0.29, 0.717) is 23.5 Å². The van der Waals surface area contributed by atoms with Crippen molar-refractivity contribution >= 4 is 17.3 Å². The van der Waals surface area contributed by atoms with E-state index in [9.17, 15) is 14.3 Å². The number of ether oxygens (including phenoxy) is 1. The van der Waals surface area contributed by atoms with Crippen LogP contribution in [0.3, 0.4) is 0 Å². The van der Waals surface area contributed by atoms with Crippen molar-refractivity contribution in [2.24, 2.45) is 0 Å². The molecule has 0 atom stereocenters. The number of phenols is 1. The molecule has 0 aliphatic carbocycles. The molecule has 1 amide bonds. The Morgan fingerprint density at radius 3 is 2.09 bits per heavy atom. The zero-order chi connectivity index (χ0) is 22.3. The third-order valence-electron chi connectivity index (χ3n) is 5.62. The maximum Gasteiger partial charge on any atom is 0.262 e. The van der Waals surface area contributed by atoms with Crippen molar-refractivity contribution in [1.29, 1.82) is 0 Å². The Bertz CT molecular complexity index is 969. The molecule has 1 N–H and O–H groups in total. The smallest absolute Gasteiger partial charge is 0.262 e. The lowest BCUT2D eigenvalue weighted by molar-refractivity contribution is 0.0999. The first-order chi connectivity index (χ1) is 15.6. The van der Waals surface area contributed by atoms with Crippen LogP contribution in [0.15, 0.2) is 72.8 Å². The molecule has 4 rings (SSSR count). The summed E-state index contributed by atoms with van der Waals surface area (Å²) in [6, 6.07) is 19.1. The molecule has 0 spiro atoms. The molecule has 0 radical (unpaired) electrons. The molecule has 3 aromatic rings. The Morgan fingerprint density at radius 1 is 0.875 bits per heavy atom. The van der Waals surface area contributed by atoms with Gasteiger partial charge in [0.1, 0.15) is 23.9 Å². The number of carbonyl (C=O) groups is 1. The molecule has 6 heteroatoms. The van der Waals surface area contributed by atoms with Gasteiger partial charge in [-0.1, -0.05) is 6.42 Å². The zero-order valence-electron chi connectivity index (χ0n) is 17.9. The second-order valence-electron chi connectivity index (χ2n) is 7.91. The lowest BCUT2D eigenvalue weighted by Gasteiger charge is -2.26. The number of anilines is 2. The predicted octanol–water partition coefficient (Wildman–Crippen LogP) is 5.37. The van der Waals surface area contributed by atoms with Crippen LogP contribution in [0.4, 0.5) is 15.8 Å². The molecule has 1 fully saturated rings. The van der Waals surface area contributed by atoms with Crippen molar-refractivity contribution in [3.63, 3.8) is 0 Å². The van der Waals surface area contributed by atoms with Gasteiger partial charge in [0.2, 0.25) is 0 Å². The van der Waals surface area contributed by atoms with Crippen LogP contribution >= 0.6 is 0 Å². The lowest BCUT2D eigenvalue weighted by atomic mass is 10.1. The number of carbonyl (C=O) groups excluding carboxylic acids is 1. The first-order valence-corrected chi connectivity index (χ1v) is 10.9. The largest absolute Gasteiger partial charge is 0.508 e. The summed E-state index contributed by atoms with van der Waals surface area (Å²) in [5.41, 5.74) is 1.58. The quantitative estimate of drug-likeness (QED) is 0.543. The second-order valence-corrected chi connectivity index (χ2v) is 7.91. The SMILES string of the molecule is O=C(c1ccc(OCCN2CCCCC2)cc1)N(c1ccc(O)cc1)c1ccc(F)cc1. The summed E-state index contributed by atoms with van der Waals surface area (Å²) in [4.78, 5) is 17.3. The predicted molar refractivity (Wildman–Crippen MR) is 123 cm³/mol. The Kier molecular flexibility index (Phi) is 7.02. The number of benzene rings is 3.